The Bertz CT molecular complexity index is 900. The van der Waals surface area contributed by atoms with Gasteiger partial charge in [0.15, 0.2) is 0 Å². The second-order valence-corrected chi connectivity index (χ2v) is 6.50. The van der Waals surface area contributed by atoms with Gasteiger partial charge in [-0.05, 0) is 48.2 Å². The second kappa shape index (κ2) is 7.67. The highest BCUT2D eigenvalue weighted by Crippen LogP contribution is 2.53. The summed E-state index contributed by atoms with van der Waals surface area (Å²) in [5.74, 6) is 1.94. The first-order valence-corrected chi connectivity index (χ1v) is 9.08. The van der Waals surface area contributed by atoms with Crippen LogP contribution in [0.3, 0.4) is 0 Å². The van der Waals surface area contributed by atoms with E-state index in [1.807, 2.05) is 42.5 Å². The monoisotopic (exact) mass is 362 g/mol. The number of fused-ring (bicyclic) bond motifs is 3. The lowest BCUT2D eigenvalue weighted by atomic mass is 9.72. The normalized spacial score (nSPS) is 13.2. The molecule has 0 spiro atoms. The van der Waals surface area contributed by atoms with Gasteiger partial charge in [0, 0.05) is 11.0 Å². The first-order valence-electron chi connectivity index (χ1n) is 9.08. The first-order chi connectivity index (χ1) is 13.1. The number of benzene rings is 2. The lowest BCUT2D eigenvalue weighted by Gasteiger charge is -2.30. The van der Waals surface area contributed by atoms with Gasteiger partial charge in [0.05, 0.1) is 26.1 Å². The average molecular weight is 362 g/mol. The SMILES string of the molecule is C#Cc1ccc2c(c1)C(CC(=O)OCC)(CC(=O)OCC)c1ccccc1-2. The molecule has 0 saturated carbocycles. The molecule has 1 aliphatic carbocycles. The summed E-state index contributed by atoms with van der Waals surface area (Å²) in [6.45, 7) is 4.10. The fourth-order valence-corrected chi connectivity index (χ4v) is 3.91. The van der Waals surface area contributed by atoms with E-state index in [9.17, 15) is 9.59 Å². The van der Waals surface area contributed by atoms with Crippen molar-refractivity contribution in [1.29, 1.82) is 0 Å². The van der Waals surface area contributed by atoms with E-state index >= 15 is 0 Å². The van der Waals surface area contributed by atoms with Crippen LogP contribution in [0.2, 0.25) is 0 Å². The highest BCUT2D eigenvalue weighted by atomic mass is 16.5. The topological polar surface area (TPSA) is 52.6 Å². The van der Waals surface area contributed by atoms with Gasteiger partial charge in [0.2, 0.25) is 0 Å². The van der Waals surface area contributed by atoms with Crippen LogP contribution in [0.15, 0.2) is 42.5 Å². The molecule has 0 aliphatic heterocycles. The number of carbonyl (C=O) groups excluding carboxylic acids is 2. The van der Waals surface area contributed by atoms with Gasteiger partial charge in [0.1, 0.15) is 0 Å². The average Bonchev–Trinajstić information content (AvgIpc) is 2.92. The van der Waals surface area contributed by atoms with E-state index in [1.165, 1.54) is 0 Å². The highest BCUT2D eigenvalue weighted by molar-refractivity contribution is 5.88. The number of terminal acetylenes is 1. The predicted molar refractivity (Wildman–Crippen MR) is 103 cm³/mol. The van der Waals surface area contributed by atoms with Crippen LogP contribution in [0, 0.1) is 12.3 Å². The van der Waals surface area contributed by atoms with Gasteiger partial charge >= 0.3 is 11.9 Å². The lowest BCUT2D eigenvalue weighted by Crippen LogP contribution is -2.33. The number of carbonyl (C=O) groups is 2. The van der Waals surface area contributed by atoms with Crippen LogP contribution in [-0.4, -0.2) is 25.2 Å². The maximum absolute atomic E-state index is 12.5. The van der Waals surface area contributed by atoms with Crippen molar-refractivity contribution in [3.8, 4) is 23.5 Å². The van der Waals surface area contributed by atoms with Crippen molar-refractivity contribution >= 4 is 11.9 Å². The third kappa shape index (κ3) is 3.33. The molecule has 1 aliphatic rings. The Morgan fingerprint density at radius 3 is 2.11 bits per heavy atom. The van der Waals surface area contributed by atoms with E-state index in [4.69, 9.17) is 15.9 Å². The van der Waals surface area contributed by atoms with Gasteiger partial charge in [-0.3, -0.25) is 9.59 Å². The second-order valence-electron chi connectivity index (χ2n) is 6.50. The van der Waals surface area contributed by atoms with Crippen LogP contribution in [-0.2, 0) is 24.5 Å². The summed E-state index contributed by atoms with van der Waals surface area (Å²) in [6.07, 6.45) is 5.71. The minimum atomic E-state index is -0.850. The van der Waals surface area contributed by atoms with Crippen molar-refractivity contribution < 1.29 is 19.1 Å². The molecule has 4 nitrogen and oxygen atoms in total. The smallest absolute Gasteiger partial charge is 0.307 e. The molecule has 0 N–H and O–H groups in total. The van der Waals surface area contributed by atoms with Crippen LogP contribution < -0.4 is 0 Å². The summed E-state index contributed by atoms with van der Waals surface area (Å²) in [5.41, 5.74) is 3.65. The molecule has 138 valence electrons. The molecule has 0 bridgehead atoms. The van der Waals surface area contributed by atoms with Crippen LogP contribution >= 0.6 is 0 Å². The van der Waals surface area contributed by atoms with Gasteiger partial charge in [-0.1, -0.05) is 36.3 Å². The molecule has 0 fully saturated rings. The first kappa shape index (κ1) is 18.7. The summed E-state index contributed by atoms with van der Waals surface area (Å²) in [7, 11) is 0. The maximum Gasteiger partial charge on any atom is 0.307 e. The molecule has 27 heavy (non-hydrogen) atoms. The largest absolute Gasteiger partial charge is 0.466 e. The number of ether oxygens (including phenoxy) is 2. The molecule has 0 heterocycles. The van der Waals surface area contributed by atoms with E-state index in [1.54, 1.807) is 13.8 Å². The number of hydrogen-bond donors (Lipinski definition) is 0. The highest BCUT2D eigenvalue weighted by Gasteiger charge is 2.47. The van der Waals surface area contributed by atoms with E-state index in [0.717, 1.165) is 22.3 Å². The Morgan fingerprint density at radius 1 is 0.926 bits per heavy atom. The third-order valence-electron chi connectivity index (χ3n) is 4.94. The molecule has 2 aromatic rings. The molecule has 0 amide bonds. The third-order valence-corrected chi connectivity index (χ3v) is 4.94. The van der Waals surface area contributed by atoms with E-state index < -0.39 is 5.41 Å². The van der Waals surface area contributed by atoms with Crippen molar-refractivity contribution in [3.63, 3.8) is 0 Å². The molecule has 0 atom stereocenters. The van der Waals surface area contributed by atoms with Gasteiger partial charge in [-0.15, -0.1) is 6.42 Å². The Labute approximate surface area is 159 Å². The summed E-state index contributed by atoms with van der Waals surface area (Å²) >= 11 is 0. The number of hydrogen-bond acceptors (Lipinski definition) is 4. The predicted octanol–water partition coefficient (Wildman–Crippen LogP) is 3.84. The Kier molecular flexibility index (Phi) is 5.32. The Balaban J connectivity index is 2.22. The summed E-state index contributed by atoms with van der Waals surface area (Å²) < 4.78 is 10.5. The zero-order valence-corrected chi connectivity index (χ0v) is 15.6. The molecular formula is C23H22O4. The maximum atomic E-state index is 12.5. The molecular weight excluding hydrogens is 340 g/mol. The molecule has 0 saturated heterocycles. The van der Waals surface area contributed by atoms with Crippen LogP contribution in [0.4, 0.5) is 0 Å². The zero-order chi connectivity index (χ0) is 19.4. The lowest BCUT2D eigenvalue weighted by molar-refractivity contribution is -0.147. The molecule has 0 radical (unpaired) electrons. The molecule has 0 aromatic heterocycles. The zero-order valence-electron chi connectivity index (χ0n) is 15.6. The van der Waals surface area contributed by atoms with Crippen molar-refractivity contribution in [2.24, 2.45) is 0 Å². The van der Waals surface area contributed by atoms with Crippen molar-refractivity contribution in [2.75, 3.05) is 13.2 Å². The van der Waals surface area contributed by atoms with Gasteiger partial charge in [-0.25, -0.2) is 0 Å². The van der Waals surface area contributed by atoms with Crippen molar-refractivity contribution in [1.82, 2.24) is 0 Å². The fourth-order valence-electron chi connectivity index (χ4n) is 3.91. The summed E-state index contributed by atoms with van der Waals surface area (Å²) in [5, 5.41) is 0. The molecule has 2 aromatic carbocycles. The Morgan fingerprint density at radius 2 is 1.52 bits per heavy atom. The molecule has 3 rings (SSSR count). The minimum absolute atomic E-state index is 0.0533. The van der Waals surface area contributed by atoms with E-state index in [2.05, 4.69) is 5.92 Å². The number of esters is 2. The van der Waals surface area contributed by atoms with Crippen molar-refractivity contribution in [3.05, 3.63) is 59.2 Å². The molecule has 0 unspecified atom stereocenters. The van der Waals surface area contributed by atoms with Crippen molar-refractivity contribution in [2.45, 2.75) is 32.1 Å². The van der Waals surface area contributed by atoms with Gasteiger partial charge in [0.25, 0.3) is 0 Å². The standard InChI is InChI=1S/C23H22O4/c1-4-16-11-12-18-17-9-7-8-10-19(17)23(20(18)13-16,14-21(24)26-5-2)15-22(25)27-6-3/h1,7-13H,5-6,14-15H2,2-3H3. The van der Waals surface area contributed by atoms with E-state index in [0.29, 0.717) is 5.56 Å². The van der Waals surface area contributed by atoms with Crippen LogP contribution in [0.5, 0.6) is 0 Å². The van der Waals surface area contributed by atoms with Gasteiger partial charge < -0.3 is 9.47 Å². The molecule has 4 heteroatoms. The summed E-state index contributed by atoms with van der Waals surface area (Å²) in [4.78, 5) is 25.0. The van der Waals surface area contributed by atoms with E-state index in [-0.39, 0.29) is 38.0 Å². The van der Waals surface area contributed by atoms with Crippen LogP contribution in [0.25, 0.3) is 11.1 Å². The fraction of sp³-hybridized carbons (Fsp3) is 0.304. The Hall–Kier alpha value is -3.06. The quantitative estimate of drug-likeness (QED) is 0.579. The summed E-state index contributed by atoms with van der Waals surface area (Å²) in [6, 6.07) is 13.6. The number of rotatable bonds is 6. The van der Waals surface area contributed by atoms with Crippen LogP contribution in [0.1, 0.15) is 43.4 Å². The van der Waals surface area contributed by atoms with Gasteiger partial charge in [-0.2, -0.15) is 0 Å². The minimum Gasteiger partial charge on any atom is -0.466 e.